The van der Waals surface area contributed by atoms with E-state index in [2.05, 4.69) is 20.4 Å². The van der Waals surface area contributed by atoms with Gasteiger partial charge in [-0.25, -0.2) is 9.97 Å². The first-order valence-corrected chi connectivity index (χ1v) is 11.0. The Kier molecular flexibility index (Phi) is 5.49. The minimum absolute atomic E-state index is 0.0426. The van der Waals surface area contributed by atoms with Crippen molar-refractivity contribution >= 4 is 28.6 Å². The highest BCUT2D eigenvalue weighted by atomic mass is 16.5. The highest BCUT2D eigenvalue weighted by Gasteiger charge is 2.32. The number of carbonyl (C=O) groups excluding carboxylic acids is 3. The molecule has 1 unspecified atom stereocenters. The molecule has 170 valence electrons. The number of benzene rings is 1. The van der Waals surface area contributed by atoms with Gasteiger partial charge in [-0.3, -0.25) is 24.4 Å². The molecule has 33 heavy (non-hydrogen) atoms. The maximum atomic E-state index is 12.6. The van der Waals surface area contributed by atoms with E-state index in [0.29, 0.717) is 55.9 Å². The smallest absolute Gasteiger partial charge is 0.272 e. The lowest BCUT2D eigenvalue weighted by Crippen LogP contribution is -2.42. The van der Waals surface area contributed by atoms with Crippen molar-refractivity contribution in [2.75, 3.05) is 13.1 Å². The van der Waals surface area contributed by atoms with Crippen molar-refractivity contribution in [1.82, 2.24) is 30.0 Å². The van der Waals surface area contributed by atoms with E-state index >= 15 is 0 Å². The average Bonchev–Trinajstić information content (AvgIpc) is 3.17. The van der Waals surface area contributed by atoms with Crippen LogP contribution in [-0.2, 0) is 16.6 Å². The third kappa shape index (κ3) is 4.04. The average molecular weight is 448 g/mol. The molecule has 3 amide bonds. The minimum atomic E-state index is -0.460. The lowest BCUT2D eigenvalue weighted by Gasteiger charge is -2.32. The number of hydrogen-bond acceptors (Lipinski definition) is 7. The molecule has 0 spiro atoms. The zero-order chi connectivity index (χ0) is 22.9. The van der Waals surface area contributed by atoms with Gasteiger partial charge in [-0.15, -0.1) is 0 Å². The highest BCUT2D eigenvalue weighted by Crippen LogP contribution is 2.35. The van der Waals surface area contributed by atoms with Crippen LogP contribution in [0.2, 0.25) is 0 Å². The molecule has 5 rings (SSSR count). The molecular formula is C23H24N6O4. The van der Waals surface area contributed by atoms with Crippen LogP contribution in [0.15, 0.2) is 36.8 Å². The molecule has 10 nitrogen and oxygen atoms in total. The van der Waals surface area contributed by atoms with Gasteiger partial charge < -0.3 is 9.64 Å². The number of aromatic nitrogens is 4. The largest absolute Gasteiger partial charge is 0.488 e. The first-order valence-electron chi connectivity index (χ1n) is 11.0. The first kappa shape index (κ1) is 21.0. The van der Waals surface area contributed by atoms with E-state index in [9.17, 15) is 14.4 Å². The molecule has 4 heterocycles. The highest BCUT2D eigenvalue weighted by molar-refractivity contribution is 6.03. The van der Waals surface area contributed by atoms with E-state index in [0.717, 1.165) is 10.9 Å². The van der Waals surface area contributed by atoms with Gasteiger partial charge >= 0.3 is 0 Å². The van der Waals surface area contributed by atoms with Crippen LogP contribution in [0, 0.1) is 0 Å². The number of nitrogens with one attached hydrogen (secondary N) is 1. The lowest BCUT2D eigenvalue weighted by atomic mass is 9.93. The Morgan fingerprint density at radius 2 is 1.97 bits per heavy atom. The summed E-state index contributed by atoms with van der Waals surface area (Å²) in [7, 11) is 1.83. The topological polar surface area (TPSA) is 119 Å². The fraction of sp³-hybridized carbons (Fsp3) is 0.391. The zero-order valence-corrected chi connectivity index (χ0v) is 18.2. The summed E-state index contributed by atoms with van der Waals surface area (Å²) in [6, 6.07) is 7.34. The standard InChI is InChI=1S/C23H24N6O4/c1-28-21-15(20(27-28)16-5-6-19(30)26-22(16)31)3-2-4-18(21)33-14-8-11-29(12-9-14)23(32)17-7-10-24-13-25-17/h2-4,7,10,13-14,16H,5-6,8-9,11-12H2,1H3,(H,26,30,31). The van der Waals surface area contributed by atoms with E-state index in [4.69, 9.17) is 4.74 Å². The second-order valence-corrected chi connectivity index (χ2v) is 8.37. The number of hydrogen-bond donors (Lipinski definition) is 1. The molecule has 0 radical (unpaired) electrons. The summed E-state index contributed by atoms with van der Waals surface area (Å²) in [5.74, 6) is -0.416. The number of rotatable bonds is 4. The van der Waals surface area contributed by atoms with Gasteiger partial charge in [0.1, 0.15) is 29.4 Å². The maximum absolute atomic E-state index is 12.6. The van der Waals surface area contributed by atoms with Crippen molar-refractivity contribution in [2.24, 2.45) is 7.05 Å². The van der Waals surface area contributed by atoms with E-state index in [1.54, 1.807) is 21.8 Å². The summed E-state index contributed by atoms with van der Waals surface area (Å²) in [6.45, 7) is 1.16. The van der Waals surface area contributed by atoms with Crippen molar-refractivity contribution in [1.29, 1.82) is 0 Å². The number of carbonyl (C=O) groups is 3. The molecule has 3 aromatic rings. The molecule has 2 aliphatic heterocycles. The molecule has 0 saturated carbocycles. The summed E-state index contributed by atoms with van der Waals surface area (Å²) in [5.41, 5.74) is 1.87. The number of imide groups is 1. The molecule has 0 bridgehead atoms. The van der Waals surface area contributed by atoms with Crippen LogP contribution in [0.4, 0.5) is 0 Å². The minimum Gasteiger partial charge on any atom is -0.488 e. The first-order chi connectivity index (χ1) is 16.0. The van der Waals surface area contributed by atoms with Crippen molar-refractivity contribution in [3.63, 3.8) is 0 Å². The normalized spacial score (nSPS) is 19.5. The van der Waals surface area contributed by atoms with Gasteiger partial charge in [0.05, 0.1) is 11.6 Å². The molecule has 10 heteroatoms. The van der Waals surface area contributed by atoms with Crippen LogP contribution in [-0.4, -0.2) is 61.6 Å². The van der Waals surface area contributed by atoms with Crippen LogP contribution in [0.25, 0.3) is 10.9 Å². The monoisotopic (exact) mass is 448 g/mol. The molecule has 1 aromatic carbocycles. The van der Waals surface area contributed by atoms with Crippen LogP contribution in [0.1, 0.15) is 47.8 Å². The number of fused-ring (bicyclic) bond motifs is 1. The molecule has 1 N–H and O–H groups in total. The number of piperidine rings is 2. The third-order valence-corrected chi connectivity index (χ3v) is 6.25. The van der Waals surface area contributed by atoms with Gasteiger partial charge in [0, 0.05) is 51.0 Å². The van der Waals surface area contributed by atoms with E-state index in [1.807, 2.05) is 25.2 Å². The lowest BCUT2D eigenvalue weighted by molar-refractivity contribution is -0.134. The zero-order valence-electron chi connectivity index (χ0n) is 18.2. The molecule has 2 saturated heterocycles. The second-order valence-electron chi connectivity index (χ2n) is 8.37. The molecular weight excluding hydrogens is 424 g/mol. The summed E-state index contributed by atoms with van der Waals surface area (Å²) in [4.78, 5) is 46.2. The number of ether oxygens (including phenoxy) is 1. The number of amides is 3. The molecule has 2 aliphatic rings. The second kappa shape index (κ2) is 8.61. The Morgan fingerprint density at radius 3 is 2.70 bits per heavy atom. The Bertz CT molecular complexity index is 1220. The maximum Gasteiger partial charge on any atom is 0.272 e. The van der Waals surface area contributed by atoms with Crippen LogP contribution in [0.3, 0.4) is 0 Å². The number of nitrogens with zero attached hydrogens (tertiary/aromatic N) is 5. The Hall–Kier alpha value is -3.82. The number of aryl methyl sites for hydroxylation is 1. The number of para-hydroxylation sites is 1. The van der Waals surface area contributed by atoms with Crippen molar-refractivity contribution < 1.29 is 19.1 Å². The summed E-state index contributed by atoms with van der Waals surface area (Å²) >= 11 is 0. The van der Waals surface area contributed by atoms with Gasteiger partial charge in [0.25, 0.3) is 5.91 Å². The van der Waals surface area contributed by atoms with Crippen LogP contribution in [0.5, 0.6) is 5.75 Å². The molecule has 1 atom stereocenters. The Balaban J connectivity index is 1.31. The van der Waals surface area contributed by atoms with Crippen LogP contribution >= 0.6 is 0 Å². The quantitative estimate of drug-likeness (QED) is 0.602. The Labute approximate surface area is 189 Å². The fourth-order valence-corrected chi connectivity index (χ4v) is 4.57. The Morgan fingerprint density at radius 1 is 1.15 bits per heavy atom. The van der Waals surface area contributed by atoms with Crippen molar-refractivity contribution in [3.05, 3.63) is 48.2 Å². The predicted octanol–water partition coefficient (Wildman–Crippen LogP) is 1.57. The fourth-order valence-electron chi connectivity index (χ4n) is 4.57. The predicted molar refractivity (Wildman–Crippen MR) is 117 cm³/mol. The van der Waals surface area contributed by atoms with Gasteiger partial charge in [0.2, 0.25) is 11.8 Å². The summed E-state index contributed by atoms with van der Waals surface area (Å²) in [6.07, 6.45) is 5.04. The number of likely N-dealkylation sites (tertiary alicyclic amines) is 1. The van der Waals surface area contributed by atoms with Gasteiger partial charge in [-0.1, -0.05) is 12.1 Å². The van der Waals surface area contributed by atoms with Gasteiger partial charge in [-0.2, -0.15) is 5.10 Å². The molecule has 2 aromatic heterocycles. The third-order valence-electron chi connectivity index (χ3n) is 6.25. The summed E-state index contributed by atoms with van der Waals surface area (Å²) < 4.78 is 8.08. The van der Waals surface area contributed by atoms with Gasteiger partial charge in [0.15, 0.2) is 0 Å². The van der Waals surface area contributed by atoms with Gasteiger partial charge in [-0.05, 0) is 18.6 Å². The van der Waals surface area contributed by atoms with E-state index in [-0.39, 0.29) is 23.8 Å². The van der Waals surface area contributed by atoms with E-state index in [1.165, 1.54) is 6.33 Å². The van der Waals surface area contributed by atoms with Crippen molar-refractivity contribution in [2.45, 2.75) is 37.7 Å². The van der Waals surface area contributed by atoms with Crippen molar-refractivity contribution in [3.8, 4) is 5.75 Å². The van der Waals surface area contributed by atoms with E-state index < -0.39 is 5.92 Å². The SMILES string of the molecule is Cn1nc(C2CCC(=O)NC2=O)c2cccc(OC3CCN(C(=O)c4ccncn4)CC3)c21. The summed E-state index contributed by atoms with van der Waals surface area (Å²) in [5, 5.41) is 7.87. The molecule has 0 aliphatic carbocycles. The molecule has 2 fully saturated rings. The van der Waals surface area contributed by atoms with Crippen LogP contribution < -0.4 is 10.1 Å².